The van der Waals surface area contributed by atoms with Gasteiger partial charge in [-0.25, -0.2) is 0 Å². The zero-order valence-corrected chi connectivity index (χ0v) is 23.3. The van der Waals surface area contributed by atoms with Crippen molar-refractivity contribution in [2.75, 3.05) is 0 Å². The number of esters is 1. The number of carbonyl (C=O) groups excluding carboxylic acids is 3. The van der Waals surface area contributed by atoms with Crippen molar-refractivity contribution in [2.24, 2.45) is 17.3 Å². The SMILES string of the molecule is CC(=O)[C@@H]1C/C=C(/C)C/C=C/[C@H](C)[C@H](OI2N[I-]2)[C@@H](C)C(=O)C(C)(C)[C@@H](O)CC(=O)O1. The summed E-state index contributed by atoms with van der Waals surface area (Å²) in [5, 5.41) is 10.7. The molecule has 2 aliphatic rings. The summed E-state index contributed by atoms with van der Waals surface area (Å²) in [6.45, 7) is 10.6. The number of carbonyl (C=O) groups is 3. The third kappa shape index (κ3) is 7.86. The molecule has 1 fully saturated rings. The molecule has 0 saturated carbocycles. The first-order chi connectivity index (χ1) is 14.4. The molecule has 2 N–H and O–H groups in total. The van der Waals surface area contributed by atoms with E-state index in [-0.39, 0.29) is 47.5 Å². The molecule has 2 heterocycles. The molecule has 0 amide bonds. The molecule has 0 radical (unpaired) electrons. The first-order valence-electron chi connectivity index (χ1n) is 10.5. The van der Waals surface area contributed by atoms with Crippen LogP contribution in [0.2, 0.25) is 0 Å². The number of aliphatic hydroxyl groups is 1. The van der Waals surface area contributed by atoms with Gasteiger partial charge < -0.3 is 0 Å². The Kier molecular flexibility index (Phi) is 10.1. The second-order valence-corrected chi connectivity index (χ2v) is 21.8. The van der Waals surface area contributed by atoms with E-state index in [4.69, 9.17) is 7.80 Å². The Morgan fingerprint density at radius 1 is 1.35 bits per heavy atom. The van der Waals surface area contributed by atoms with E-state index in [2.05, 4.69) is 20.8 Å². The molecule has 2 rings (SSSR count). The van der Waals surface area contributed by atoms with Gasteiger partial charge in [-0.15, -0.1) is 0 Å². The number of halogens is 2. The predicted octanol–water partition coefficient (Wildman–Crippen LogP) is 0.646. The summed E-state index contributed by atoms with van der Waals surface area (Å²) in [5.41, 5.74) is -0.0934. The maximum absolute atomic E-state index is 13.4. The van der Waals surface area contributed by atoms with E-state index in [9.17, 15) is 19.5 Å². The summed E-state index contributed by atoms with van der Waals surface area (Å²) in [6, 6.07) is 0. The number of aliphatic hydroxyl groups excluding tert-OH is 1. The Morgan fingerprint density at radius 2 is 2.00 bits per heavy atom. The van der Waals surface area contributed by atoms with Gasteiger partial charge in [0, 0.05) is 0 Å². The second-order valence-electron chi connectivity index (χ2n) is 8.86. The summed E-state index contributed by atoms with van der Waals surface area (Å²) < 4.78 is 15.0. The van der Waals surface area contributed by atoms with E-state index in [1.807, 2.05) is 19.9 Å². The van der Waals surface area contributed by atoms with Crippen LogP contribution >= 0.6 is 16.5 Å². The van der Waals surface area contributed by atoms with Crippen LogP contribution in [0.25, 0.3) is 0 Å². The summed E-state index contributed by atoms with van der Waals surface area (Å²) >= 11 is -1.50. The fourth-order valence-corrected chi connectivity index (χ4v) is 11.2. The third-order valence-corrected chi connectivity index (χ3v) is 13.9. The number of ether oxygens (including phenoxy) is 1. The minimum atomic E-state index is -1.49. The number of Topliss-reactive ketones (excluding diaryl/α,β-unsaturated/α-hetero) is 2. The van der Waals surface area contributed by atoms with Crippen molar-refractivity contribution in [1.82, 2.24) is 1.74 Å². The molecule has 7 nitrogen and oxygen atoms in total. The van der Waals surface area contributed by atoms with Crippen LogP contribution in [0.4, 0.5) is 0 Å². The van der Waals surface area contributed by atoms with Crippen molar-refractivity contribution < 1.29 is 44.8 Å². The van der Waals surface area contributed by atoms with Crippen LogP contribution in [-0.4, -0.2) is 41.0 Å². The van der Waals surface area contributed by atoms with Crippen LogP contribution in [-0.2, 0) is 22.2 Å². The standard InChI is InChI=1S/C22H34I2NO6/c1-13-8-7-9-14(2)20(31-24-23-25-24)15(3)21(29)22(5,6)18(27)12-19(28)30-17(11-10-13)16(4)26/h7,9-10,14-15,17-18,20,25,27H,8,11-12H2,1-6H3/q-1/b9-7+,13-10-/t14-,15+,17-,18-,20-/m0/s1. The number of cyclic esters (lactones) is 1. The van der Waals surface area contributed by atoms with Gasteiger partial charge in [0.25, 0.3) is 0 Å². The van der Waals surface area contributed by atoms with E-state index in [0.29, 0.717) is 12.8 Å². The third-order valence-electron chi connectivity index (χ3n) is 5.85. The van der Waals surface area contributed by atoms with Gasteiger partial charge in [0.1, 0.15) is 0 Å². The number of nitrogens with one attached hydrogen (secondary N) is 1. The van der Waals surface area contributed by atoms with E-state index in [1.165, 1.54) is 6.92 Å². The average Bonchev–Trinajstić information content (AvgIpc) is 3.51. The minimum absolute atomic E-state index is 0.0140. The van der Waals surface area contributed by atoms with Crippen molar-refractivity contribution >= 4 is 34.1 Å². The van der Waals surface area contributed by atoms with Crippen LogP contribution in [0, 0.1) is 17.3 Å². The van der Waals surface area contributed by atoms with Gasteiger partial charge in [-0.1, -0.05) is 0 Å². The maximum atomic E-state index is 13.4. The quantitative estimate of drug-likeness (QED) is 0.150. The van der Waals surface area contributed by atoms with Gasteiger partial charge in [0.2, 0.25) is 0 Å². The summed E-state index contributed by atoms with van der Waals surface area (Å²) in [4.78, 5) is 37.7. The van der Waals surface area contributed by atoms with Crippen LogP contribution in [0.3, 0.4) is 0 Å². The Balaban J connectivity index is 2.34. The fraction of sp³-hybridized carbons (Fsp3) is 0.682. The van der Waals surface area contributed by atoms with Gasteiger partial charge in [-0.05, 0) is 0 Å². The molecule has 0 aromatic rings. The molecular formula is C22H34I2NO6-. The first-order valence-corrected chi connectivity index (χ1v) is 19.8. The summed E-state index contributed by atoms with van der Waals surface area (Å²) in [6.07, 6.45) is 4.34. The number of ketones is 2. The van der Waals surface area contributed by atoms with Crippen molar-refractivity contribution in [3.05, 3.63) is 23.8 Å². The zero-order chi connectivity index (χ0) is 23.3. The number of hydrogen-bond donors (Lipinski definition) is 2. The van der Waals surface area contributed by atoms with Crippen LogP contribution < -0.4 is 19.2 Å². The van der Waals surface area contributed by atoms with Gasteiger partial charge >= 0.3 is 201 Å². The topological polar surface area (TPSA) is 112 Å². The summed E-state index contributed by atoms with van der Waals surface area (Å²) in [7, 11) is 0. The average molecular weight is 662 g/mol. The molecular weight excluding hydrogens is 628 g/mol. The van der Waals surface area contributed by atoms with Crippen molar-refractivity contribution in [3.63, 3.8) is 0 Å². The Bertz CT molecular complexity index is 746. The van der Waals surface area contributed by atoms with Crippen molar-refractivity contribution in [1.29, 1.82) is 0 Å². The van der Waals surface area contributed by atoms with Crippen LogP contribution in [0.1, 0.15) is 60.8 Å². The molecule has 31 heavy (non-hydrogen) atoms. The fourth-order valence-electron chi connectivity index (χ4n) is 3.54. The van der Waals surface area contributed by atoms with Crippen LogP contribution in [0.5, 0.6) is 0 Å². The zero-order valence-electron chi connectivity index (χ0n) is 19.0. The Labute approximate surface area is 199 Å². The molecule has 0 bridgehead atoms. The first kappa shape index (κ1) is 26.9. The summed E-state index contributed by atoms with van der Waals surface area (Å²) in [5.74, 6) is -1.46. The molecule has 0 spiro atoms. The molecule has 1 saturated heterocycles. The van der Waals surface area contributed by atoms with E-state index >= 15 is 0 Å². The molecule has 0 aromatic heterocycles. The predicted molar refractivity (Wildman–Crippen MR) is 122 cm³/mol. The molecule has 9 heteroatoms. The molecule has 178 valence electrons. The van der Waals surface area contributed by atoms with Crippen LogP contribution in [0.15, 0.2) is 23.8 Å². The van der Waals surface area contributed by atoms with Gasteiger partial charge in [-0.2, -0.15) is 0 Å². The van der Waals surface area contributed by atoms with Crippen molar-refractivity contribution in [3.8, 4) is 0 Å². The van der Waals surface area contributed by atoms with E-state index in [1.54, 1.807) is 13.8 Å². The molecule has 5 atom stereocenters. The monoisotopic (exact) mass is 662 g/mol. The normalized spacial score (nSPS) is 37.1. The molecule has 0 unspecified atom stereocenters. The van der Waals surface area contributed by atoms with E-state index < -0.39 is 46.0 Å². The number of allylic oxidation sites excluding steroid dienone is 2. The van der Waals surface area contributed by atoms with Gasteiger partial charge in [-0.3, -0.25) is 0 Å². The Morgan fingerprint density at radius 3 is 2.58 bits per heavy atom. The van der Waals surface area contributed by atoms with Gasteiger partial charge in [0.05, 0.1) is 0 Å². The number of hydrogen-bond acceptors (Lipinski definition) is 7. The molecule has 0 aliphatic carbocycles. The molecule has 0 aromatic carbocycles. The Hall–Kier alpha value is -0.370. The van der Waals surface area contributed by atoms with E-state index in [0.717, 1.165) is 5.57 Å². The molecule has 2 aliphatic heterocycles. The van der Waals surface area contributed by atoms with Gasteiger partial charge in [0.15, 0.2) is 0 Å². The van der Waals surface area contributed by atoms with Crippen molar-refractivity contribution in [2.45, 2.75) is 79.1 Å². The second kappa shape index (κ2) is 11.7. The number of rotatable bonds is 3.